The molecule has 1 aromatic heterocycles. The summed E-state index contributed by atoms with van der Waals surface area (Å²) in [7, 11) is 1.81. The zero-order valence-electron chi connectivity index (χ0n) is 12.1. The minimum Gasteiger partial charge on any atom is -0.379 e. The van der Waals surface area contributed by atoms with Crippen LogP contribution in [-0.4, -0.2) is 28.6 Å². The Labute approximate surface area is 124 Å². The number of aromatic nitrogens is 2. The summed E-state index contributed by atoms with van der Waals surface area (Å²) in [6.07, 6.45) is 4.61. The Hall–Kier alpha value is -1.06. The van der Waals surface area contributed by atoms with Crippen LogP contribution in [0.25, 0.3) is 11.0 Å². The van der Waals surface area contributed by atoms with Gasteiger partial charge in [0.25, 0.3) is 0 Å². The number of halogens is 1. The number of aryl methyl sites for hydroxylation is 2. The SMILES string of the molecule is COC1CCCC1n1c(CCCl)nc2cc(C)ccc21. The fraction of sp³-hybridized carbons (Fsp3) is 0.562. The number of methoxy groups -OCH3 is 1. The summed E-state index contributed by atoms with van der Waals surface area (Å²) in [6, 6.07) is 6.88. The van der Waals surface area contributed by atoms with E-state index in [0.717, 1.165) is 30.6 Å². The smallest absolute Gasteiger partial charge is 0.111 e. The molecule has 1 saturated carbocycles. The zero-order valence-corrected chi connectivity index (χ0v) is 12.9. The molecule has 2 atom stereocenters. The molecule has 0 radical (unpaired) electrons. The van der Waals surface area contributed by atoms with Crippen LogP contribution in [0.3, 0.4) is 0 Å². The molecule has 1 aliphatic carbocycles. The first-order valence-corrected chi connectivity index (χ1v) is 7.84. The summed E-state index contributed by atoms with van der Waals surface area (Å²) in [6.45, 7) is 2.10. The molecule has 0 saturated heterocycles. The highest BCUT2D eigenvalue weighted by Crippen LogP contribution is 2.36. The third kappa shape index (κ3) is 2.33. The lowest BCUT2D eigenvalue weighted by Gasteiger charge is -2.22. The third-order valence-electron chi connectivity index (χ3n) is 4.29. The largest absolute Gasteiger partial charge is 0.379 e. The first-order valence-electron chi connectivity index (χ1n) is 7.31. The Kier molecular flexibility index (Phi) is 3.99. The van der Waals surface area contributed by atoms with Gasteiger partial charge in [0.15, 0.2) is 0 Å². The lowest BCUT2D eigenvalue weighted by molar-refractivity contribution is 0.0753. The van der Waals surface area contributed by atoms with E-state index < -0.39 is 0 Å². The number of imidazole rings is 1. The Bertz CT molecular complexity index is 608. The Morgan fingerprint density at radius 2 is 2.25 bits per heavy atom. The molecule has 3 rings (SSSR count). The lowest BCUT2D eigenvalue weighted by Crippen LogP contribution is -2.22. The number of hydrogen-bond donors (Lipinski definition) is 0. The molecule has 1 heterocycles. The van der Waals surface area contributed by atoms with E-state index in [0.29, 0.717) is 18.0 Å². The van der Waals surface area contributed by atoms with Crippen LogP contribution in [0.15, 0.2) is 18.2 Å². The maximum atomic E-state index is 5.96. The highest BCUT2D eigenvalue weighted by Gasteiger charge is 2.31. The molecule has 0 N–H and O–H groups in total. The second-order valence-electron chi connectivity index (χ2n) is 5.60. The van der Waals surface area contributed by atoms with Gasteiger partial charge in [0.2, 0.25) is 0 Å². The van der Waals surface area contributed by atoms with Gasteiger partial charge in [0, 0.05) is 19.4 Å². The minimum atomic E-state index is 0.294. The van der Waals surface area contributed by atoms with Gasteiger partial charge < -0.3 is 9.30 Å². The van der Waals surface area contributed by atoms with E-state index >= 15 is 0 Å². The summed E-state index contributed by atoms with van der Waals surface area (Å²) in [5.74, 6) is 1.70. The standard InChI is InChI=1S/C16H21ClN2O/c1-11-6-7-13-12(10-11)18-16(8-9-17)19(13)14-4-3-5-15(14)20-2/h6-7,10,14-15H,3-5,8-9H2,1-2H3. The van der Waals surface area contributed by atoms with Crippen LogP contribution in [0.2, 0.25) is 0 Å². The molecule has 0 spiro atoms. The maximum absolute atomic E-state index is 5.96. The number of rotatable bonds is 4. The number of alkyl halides is 1. The van der Waals surface area contributed by atoms with Gasteiger partial charge in [0.05, 0.1) is 23.2 Å². The van der Waals surface area contributed by atoms with Gasteiger partial charge in [0.1, 0.15) is 5.82 Å². The van der Waals surface area contributed by atoms with Crippen LogP contribution in [0.4, 0.5) is 0 Å². The van der Waals surface area contributed by atoms with Gasteiger partial charge in [-0.15, -0.1) is 11.6 Å². The van der Waals surface area contributed by atoms with Crippen molar-refractivity contribution in [3.63, 3.8) is 0 Å². The summed E-state index contributed by atoms with van der Waals surface area (Å²) < 4.78 is 8.05. The molecule has 1 aliphatic rings. The van der Waals surface area contributed by atoms with Crippen LogP contribution in [-0.2, 0) is 11.2 Å². The predicted octanol–water partition coefficient (Wildman–Crippen LogP) is 3.87. The first-order chi connectivity index (χ1) is 9.74. The molecular weight excluding hydrogens is 272 g/mol. The molecule has 0 amide bonds. The Morgan fingerprint density at radius 1 is 1.40 bits per heavy atom. The van der Waals surface area contributed by atoms with Crippen molar-refractivity contribution in [1.82, 2.24) is 9.55 Å². The van der Waals surface area contributed by atoms with E-state index in [1.165, 1.54) is 17.5 Å². The number of fused-ring (bicyclic) bond motifs is 1. The van der Waals surface area contributed by atoms with Gasteiger partial charge in [-0.1, -0.05) is 6.07 Å². The van der Waals surface area contributed by atoms with E-state index in [1.807, 2.05) is 7.11 Å². The number of nitrogens with zero attached hydrogens (tertiary/aromatic N) is 2. The van der Waals surface area contributed by atoms with Crippen LogP contribution in [0.1, 0.15) is 36.7 Å². The normalized spacial score (nSPS) is 22.8. The van der Waals surface area contributed by atoms with Crippen molar-refractivity contribution < 1.29 is 4.74 Å². The second-order valence-corrected chi connectivity index (χ2v) is 5.98. The van der Waals surface area contributed by atoms with Crippen molar-refractivity contribution in [2.24, 2.45) is 0 Å². The summed E-state index contributed by atoms with van der Waals surface area (Å²) >= 11 is 5.96. The molecule has 108 valence electrons. The van der Waals surface area contributed by atoms with Crippen LogP contribution in [0, 0.1) is 6.92 Å². The van der Waals surface area contributed by atoms with Crippen LogP contribution in [0.5, 0.6) is 0 Å². The molecule has 2 aromatic rings. The molecule has 0 bridgehead atoms. The Morgan fingerprint density at radius 3 is 3.00 bits per heavy atom. The van der Waals surface area contributed by atoms with Crippen molar-refractivity contribution in [3.8, 4) is 0 Å². The monoisotopic (exact) mass is 292 g/mol. The van der Waals surface area contributed by atoms with Gasteiger partial charge in [-0.2, -0.15) is 0 Å². The number of ether oxygens (including phenoxy) is 1. The Balaban J connectivity index is 2.13. The number of hydrogen-bond acceptors (Lipinski definition) is 2. The van der Waals surface area contributed by atoms with Crippen molar-refractivity contribution in [2.45, 2.75) is 44.8 Å². The van der Waals surface area contributed by atoms with Crippen molar-refractivity contribution in [3.05, 3.63) is 29.6 Å². The van der Waals surface area contributed by atoms with Crippen molar-refractivity contribution >= 4 is 22.6 Å². The molecule has 3 nitrogen and oxygen atoms in total. The van der Waals surface area contributed by atoms with E-state index in [1.54, 1.807) is 0 Å². The third-order valence-corrected chi connectivity index (χ3v) is 4.48. The van der Waals surface area contributed by atoms with Crippen molar-refractivity contribution in [1.29, 1.82) is 0 Å². The fourth-order valence-electron chi connectivity index (χ4n) is 3.37. The van der Waals surface area contributed by atoms with E-state index in [9.17, 15) is 0 Å². The van der Waals surface area contributed by atoms with Gasteiger partial charge >= 0.3 is 0 Å². The maximum Gasteiger partial charge on any atom is 0.111 e. The van der Waals surface area contributed by atoms with E-state index in [4.69, 9.17) is 21.3 Å². The summed E-state index contributed by atoms with van der Waals surface area (Å²) in [5, 5.41) is 0. The highest BCUT2D eigenvalue weighted by molar-refractivity contribution is 6.17. The van der Waals surface area contributed by atoms with E-state index in [2.05, 4.69) is 29.7 Å². The molecule has 0 aliphatic heterocycles. The average molecular weight is 293 g/mol. The molecule has 1 fully saturated rings. The van der Waals surface area contributed by atoms with Gasteiger partial charge in [-0.25, -0.2) is 4.98 Å². The molecule has 1 aromatic carbocycles. The molecule has 20 heavy (non-hydrogen) atoms. The lowest BCUT2D eigenvalue weighted by atomic mass is 10.1. The topological polar surface area (TPSA) is 27.1 Å². The summed E-state index contributed by atoms with van der Waals surface area (Å²) in [5.41, 5.74) is 3.53. The molecular formula is C16H21ClN2O. The predicted molar refractivity (Wildman–Crippen MR) is 82.6 cm³/mol. The quantitative estimate of drug-likeness (QED) is 0.800. The fourth-order valence-corrected chi connectivity index (χ4v) is 3.54. The minimum absolute atomic E-state index is 0.294. The highest BCUT2D eigenvalue weighted by atomic mass is 35.5. The average Bonchev–Trinajstić information content (AvgIpc) is 3.01. The second kappa shape index (κ2) is 5.74. The number of benzene rings is 1. The molecule has 4 heteroatoms. The summed E-state index contributed by atoms with van der Waals surface area (Å²) in [4.78, 5) is 4.80. The van der Waals surface area contributed by atoms with E-state index in [-0.39, 0.29) is 0 Å². The molecule has 2 unspecified atom stereocenters. The first kappa shape index (κ1) is 13.9. The van der Waals surface area contributed by atoms with Crippen molar-refractivity contribution in [2.75, 3.05) is 13.0 Å². The van der Waals surface area contributed by atoms with Crippen LogP contribution < -0.4 is 0 Å². The zero-order chi connectivity index (χ0) is 14.1. The van der Waals surface area contributed by atoms with Crippen LogP contribution >= 0.6 is 11.6 Å². The van der Waals surface area contributed by atoms with Gasteiger partial charge in [-0.05, 0) is 43.9 Å². The van der Waals surface area contributed by atoms with Gasteiger partial charge in [-0.3, -0.25) is 0 Å².